The number of rotatable bonds is 4. The van der Waals surface area contributed by atoms with E-state index in [0.29, 0.717) is 11.3 Å². The number of nitrogens with zero attached hydrogens (tertiary/aromatic N) is 2. The number of ketones is 2. The Kier molecular flexibility index (Phi) is 6.40. The Labute approximate surface area is 217 Å². The second kappa shape index (κ2) is 9.03. The minimum absolute atomic E-state index is 0.0262. The standard InChI is InChI=1S/C25H30N4O9/c1-28(2)13-8-12(27-24(36)38-5)18(30)15-10(13)6-9-7-11-17(29(3)4)20(32)16(23(26)35)22(34)25(11,37)21(33)14(9)19(15)31/h8-9,11,17,30-31,34,37H,6-7H2,1-5H3,(H2,26,35)(H,27,36)/t9?,11?,17-,25-/m0/s1. The molecule has 1 aromatic rings. The van der Waals surface area contributed by atoms with Crippen LogP contribution in [0.3, 0.4) is 0 Å². The molecule has 3 aliphatic carbocycles. The molecule has 0 heterocycles. The molecule has 1 aromatic carbocycles. The van der Waals surface area contributed by atoms with E-state index in [0.717, 1.165) is 7.11 Å². The lowest BCUT2D eigenvalue weighted by Gasteiger charge is -2.50. The first-order chi connectivity index (χ1) is 17.7. The normalized spacial score (nSPS) is 26.6. The van der Waals surface area contributed by atoms with Crippen molar-refractivity contribution in [2.24, 2.45) is 17.6 Å². The fourth-order valence-electron chi connectivity index (χ4n) is 5.95. The molecule has 1 saturated carbocycles. The maximum atomic E-state index is 13.9. The summed E-state index contributed by atoms with van der Waals surface area (Å²) >= 11 is 0. The van der Waals surface area contributed by atoms with Gasteiger partial charge in [0.05, 0.1) is 24.4 Å². The third kappa shape index (κ3) is 3.61. The fourth-order valence-corrected chi connectivity index (χ4v) is 5.95. The molecule has 0 bridgehead atoms. The lowest BCUT2D eigenvalue weighted by atomic mass is 9.57. The average molecular weight is 531 g/mol. The average Bonchev–Trinajstić information content (AvgIpc) is 2.82. The van der Waals surface area contributed by atoms with Crippen molar-refractivity contribution in [1.82, 2.24) is 4.90 Å². The molecular weight excluding hydrogens is 500 g/mol. The van der Waals surface area contributed by atoms with Crippen LogP contribution in [-0.4, -0.2) is 95.8 Å². The maximum absolute atomic E-state index is 13.9. The number of aliphatic hydroxyl groups excluding tert-OH is 2. The molecule has 13 heteroatoms. The van der Waals surface area contributed by atoms with Crippen molar-refractivity contribution in [2.45, 2.75) is 24.5 Å². The number of primary amides is 1. The highest BCUT2D eigenvalue weighted by Crippen LogP contribution is 2.54. The summed E-state index contributed by atoms with van der Waals surface area (Å²) in [6.45, 7) is 0. The third-order valence-electron chi connectivity index (χ3n) is 7.60. The molecule has 13 nitrogen and oxygen atoms in total. The van der Waals surface area contributed by atoms with Crippen LogP contribution in [0, 0.1) is 11.8 Å². The van der Waals surface area contributed by atoms with Gasteiger partial charge in [-0.3, -0.25) is 24.6 Å². The number of carbonyl (C=O) groups excluding carboxylic acids is 4. The topological polar surface area (TPSA) is 203 Å². The lowest BCUT2D eigenvalue weighted by Crippen LogP contribution is -2.65. The molecule has 0 saturated heterocycles. The van der Waals surface area contributed by atoms with Crippen molar-refractivity contribution >= 4 is 40.7 Å². The number of carbonyl (C=O) groups is 4. The molecule has 0 radical (unpaired) electrons. The Morgan fingerprint density at radius 2 is 1.79 bits per heavy atom. The second-order valence-corrected chi connectivity index (χ2v) is 10.1. The number of likely N-dealkylation sites (N-methyl/N-ethyl adjacent to an activating group) is 1. The number of ether oxygens (including phenoxy) is 1. The molecule has 2 amide bonds. The predicted octanol–water partition coefficient (Wildman–Crippen LogP) is 0.208. The van der Waals surface area contributed by atoms with Gasteiger partial charge >= 0.3 is 6.09 Å². The first-order valence-electron chi connectivity index (χ1n) is 11.7. The zero-order valence-corrected chi connectivity index (χ0v) is 21.5. The van der Waals surface area contributed by atoms with Crippen LogP contribution in [0.5, 0.6) is 5.75 Å². The summed E-state index contributed by atoms with van der Waals surface area (Å²) < 4.78 is 4.60. The molecule has 4 rings (SSSR count). The number of nitrogens with one attached hydrogen (secondary N) is 1. The highest BCUT2D eigenvalue weighted by molar-refractivity contribution is 6.24. The second-order valence-electron chi connectivity index (χ2n) is 10.1. The summed E-state index contributed by atoms with van der Waals surface area (Å²) in [7, 11) is 7.63. The maximum Gasteiger partial charge on any atom is 0.411 e. The van der Waals surface area contributed by atoms with Crippen LogP contribution in [0.4, 0.5) is 16.2 Å². The quantitative estimate of drug-likeness (QED) is 0.229. The summed E-state index contributed by atoms with van der Waals surface area (Å²) in [5, 5.41) is 47.3. The minimum atomic E-state index is -2.73. The monoisotopic (exact) mass is 530 g/mol. The Balaban J connectivity index is 1.99. The summed E-state index contributed by atoms with van der Waals surface area (Å²) in [5.74, 6) is -7.48. The molecule has 0 aliphatic heterocycles. The van der Waals surface area contributed by atoms with E-state index in [1.54, 1.807) is 19.0 Å². The summed E-state index contributed by atoms with van der Waals surface area (Å²) in [4.78, 5) is 54.1. The molecule has 3 aliphatic rings. The molecule has 4 atom stereocenters. The van der Waals surface area contributed by atoms with E-state index in [1.807, 2.05) is 0 Å². The molecule has 0 spiro atoms. The van der Waals surface area contributed by atoms with Gasteiger partial charge in [-0.2, -0.15) is 0 Å². The SMILES string of the molecule is COC(=O)Nc1cc(N(C)C)c2c(c1O)C(O)=C1C(=O)[C@]3(O)C(O)=C(C(N)=O)C(=O)[C@@H](N(C)C)C3CC1C2. The smallest absolute Gasteiger partial charge is 0.411 e. The number of nitrogens with two attached hydrogens (primary N) is 1. The zero-order valence-electron chi connectivity index (χ0n) is 21.5. The summed E-state index contributed by atoms with van der Waals surface area (Å²) in [5.41, 5.74) is 2.18. The third-order valence-corrected chi connectivity index (χ3v) is 7.60. The first-order valence-corrected chi connectivity index (χ1v) is 11.7. The number of phenols is 1. The minimum Gasteiger partial charge on any atom is -0.508 e. The highest BCUT2D eigenvalue weighted by Gasteiger charge is 2.64. The van der Waals surface area contributed by atoms with Gasteiger partial charge in [-0.1, -0.05) is 0 Å². The number of benzene rings is 1. The highest BCUT2D eigenvalue weighted by atomic mass is 16.5. The van der Waals surface area contributed by atoms with Gasteiger partial charge in [-0.25, -0.2) is 4.79 Å². The summed E-state index contributed by atoms with van der Waals surface area (Å²) in [6.07, 6.45) is -0.789. The van der Waals surface area contributed by atoms with E-state index >= 15 is 0 Å². The van der Waals surface area contributed by atoms with Crippen LogP contribution < -0.4 is 16.0 Å². The van der Waals surface area contributed by atoms with E-state index in [9.17, 15) is 39.6 Å². The molecule has 7 N–H and O–H groups in total. The fraction of sp³-hybridized carbons (Fsp3) is 0.440. The van der Waals surface area contributed by atoms with Crippen molar-refractivity contribution < 1.29 is 44.3 Å². The summed E-state index contributed by atoms with van der Waals surface area (Å²) in [6, 6.07) is 0.325. The molecule has 2 unspecified atom stereocenters. The lowest BCUT2D eigenvalue weighted by molar-refractivity contribution is -0.153. The zero-order chi connectivity index (χ0) is 28.4. The van der Waals surface area contributed by atoms with Gasteiger partial charge in [0.15, 0.2) is 17.1 Å². The van der Waals surface area contributed by atoms with Crippen molar-refractivity contribution in [2.75, 3.05) is 45.5 Å². The number of hydrogen-bond donors (Lipinski definition) is 6. The van der Waals surface area contributed by atoms with E-state index < -0.39 is 69.9 Å². The van der Waals surface area contributed by atoms with Crippen LogP contribution in [0.15, 0.2) is 23.0 Å². The van der Waals surface area contributed by atoms with Crippen LogP contribution in [0.2, 0.25) is 0 Å². The Hall–Kier alpha value is -4.10. The largest absolute Gasteiger partial charge is 0.508 e. The van der Waals surface area contributed by atoms with Crippen molar-refractivity contribution in [3.8, 4) is 5.75 Å². The van der Waals surface area contributed by atoms with Gasteiger partial charge in [0.2, 0.25) is 5.78 Å². The number of Topliss-reactive ketones (excluding diaryl/α,β-unsaturated/α-hetero) is 2. The Morgan fingerprint density at radius 1 is 1.16 bits per heavy atom. The van der Waals surface area contributed by atoms with E-state index in [1.165, 1.54) is 25.1 Å². The van der Waals surface area contributed by atoms with Crippen LogP contribution in [0.25, 0.3) is 5.76 Å². The number of aliphatic hydroxyl groups is 3. The molecule has 0 aromatic heterocycles. The Bertz CT molecular complexity index is 1350. The van der Waals surface area contributed by atoms with E-state index in [-0.39, 0.29) is 29.7 Å². The molecular formula is C25H30N4O9. The molecule has 38 heavy (non-hydrogen) atoms. The van der Waals surface area contributed by atoms with Crippen LogP contribution in [0.1, 0.15) is 17.5 Å². The number of phenolic OH excluding ortho intramolecular Hbond substituents is 1. The number of anilines is 2. The van der Waals surface area contributed by atoms with Crippen LogP contribution >= 0.6 is 0 Å². The van der Waals surface area contributed by atoms with Crippen LogP contribution in [-0.2, 0) is 25.5 Å². The van der Waals surface area contributed by atoms with Crippen molar-refractivity contribution in [3.63, 3.8) is 0 Å². The number of amides is 2. The first kappa shape index (κ1) is 26.9. The number of fused-ring (bicyclic) bond motifs is 3. The van der Waals surface area contributed by atoms with Gasteiger partial charge in [-0.15, -0.1) is 0 Å². The molecule has 204 valence electrons. The van der Waals surface area contributed by atoms with Gasteiger partial charge in [0.25, 0.3) is 5.91 Å². The van der Waals surface area contributed by atoms with Crippen molar-refractivity contribution in [3.05, 3.63) is 34.1 Å². The van der Waals surface area contributed by atoms with Gasteiger partial charge in [0, 0.05) is 31.3 Å². The van der Waals surface area contributed by atoms with E-state index in [4.69, 9.17) is 5.73 Å². The van der Waals surface area contributed by atoms with Gasteiger partial charge in [-0.05, 0) is 44.5 Å². The predicted molar refractivity (Wildman–Crippen MR) is 135 cm³/mol. The molecule has 1 fully saturated rings. The van der Waals surface area contributed by atoms with E-state index in [2.05, 4.69) is 10.1 Å². The van der Waals surface area contributed by atoms with Gasteiger partial charge in [0.1, 0.15) is 17.1 Å². The number of aromatic hydroxyl groups is 1. The Morgan fingerprint density at radius 3 is 2.32 bits per heavy atom. The van der Waals surface area contributed by atoms with Crippen molar-refractivity contribution in [1.29, 1.82) is 0 Å². The number of hydrogen-bond acceptors (Lipinski definition) is 11. The number of methoxy groups -OCH3 is 1. The van der Waals surface area contributed by atoms with Gasteiger partial charge < -0.3 is 35.8 Å².